The number of benzene rings is 2. The fraction of sp³-hybridized carbons (Fsp3) is 0.158. The summed E-state index contributed by atoms with van der Waals surface area (Å²) in [4.78, 5) is 26.2. The summed E-state index contributed by atoms with van der Waals surface area (Å²) in [5.41, 5.74) is 2.09. The van der Waals surface area contributed by atoms with E-state index in [2.05, 4.69) is 0 Å². The first kappa shape index (κ1) is 15.9. The molecule has 0 saturated heterocycles. The standard InChI is InChI=1S/C19H16FNO3/c1-13-11-21(16-9-7-15(20)8-10-16)18(22)17(13)19(23)24-12-14-5-3-2-4-6-14/h2-10H,11-12H2,1H3. The maximum Gasteiger partial charge on any atom is 0.344 e. The van der Waals surface area contributed by atoms with Gasteiger partial charge in [0.1, 0.15) is 18.0 Å². The minimum absolute atomic E-state index is 0.0512. The summed E-state index contributed by atoms with van der Waals surface area (Å²) >= 11 is 0. The number of esters is 1. The molecular formula is C19H16FNO3. The minimum Gasteiger partial charge on any atom is -0.457 e. The van der Waals surface area contributed by atoms with Gasteiger partial charge in [-0.15, -0.1) is 0 Å². The Bertz CT molecular complexity index is 797. The van der Waals surface area contributed by atoms with Crippen LogP contribution in [0.25, 0.3) is 0 Å². The molecule has 4 nitrogen and oxygen atoms in total. The molecule has 1 aliphatic heterocycles. The van der Waals surface area contributed by atoms with E-state index in [1.807, 2.05) is 30.3 Å². The smallest absolute Gasteiger partial charge is 0.344 e. The first-order valence-electron chi connectivity index (χ1n) is 7.54. The van der Waals surface area contributed by atoms with Crippen molar-refractivity contribution >= 4 is 17.6 Å². The molecule has 0 spiro atoms. The van der Waals surface area contributed by atoms with Crippen molar-refractivity contribution in [3.63, 3.8) is 0 Å². The number of ether oxygens (including phenoxy) is 1. The lowest BCUT2D eigenvalue weighted by atomic mass is 10.2. The number of halogens is 1. The van der Waals surface area contributed by atoms with E-state index in [9.17, 15) is 14.0 Å². The quantitative estimate of drug-likeness (QED) is 0.640. The van der Waals surface area contributed by atoms with Crippen LogP contribution in [0.1, 0.15) is 12.5 Å². The second kappa shape index (κ2) is 6.66. The molecule has 0 unspecified atom stereocenters. The summed E-state index contributed by atoms with van der Waals surface area (Å²) in [5, 5.41) is 0. The van der Waals surface area contributed by atoms with Crippen molar-refractivity contribution in [3.05, 3.63) is 77.1 Å². The van der Waals surface area contributed by atoms with Crippen molar-refractivity contribution in [2.75, 3.05) is 11.4 Å². The molecule has 3 rings (SSSR count). The number of carbonyl (C=O) groups excluding carboxylic acids is 2. The van der Waals surface area contributed by atoms with Gasteiger partial charge in [0.25, 0.3) is 5.91 Å². The highest BCUT2D eigenvalue weighted by atomic mass is 19.1. The van der Waals surface area contributed by atoms with Crippen LogP contribution in [0.3, 0.4) is 0 Å². The Balaban J connectivity index is 1.71. The summed E-state index contributed by atoms with van der Waals surface area (Å²) in [7, 11) is 0. The van der Waals surface area contributed by atoms with Crippen LogP contribution in [0.5, 0.6) is 0 Å². The molecule has 0 aliphatic carbocycles. The van der Waals surface area contributed by atoms with Gasteiger partial charge in [-0.3, -0.25) is 4.79 Å². The predicted octanol–water partition coefficient (Wildman–Crippen LogP) is 3.23. The molecule has 24 heavy (non-hydrogen) atoms. The number of hydrogen-bond acceptors (Lipinski definition) is 3. The van der Waals surface area contributed by atoms with Crippen molar-refractivity contribution in [2.24, 2.45) is 0 Å². The Labute approximate surface area is 139 Å². The number of anilines is 1. The van der Waals surface area contributed by atoms with Crippen LogP contribution in [0.2, 0.25) is 0 Å². The SMILES string of the molecule is CC1=C(C(=O)OCc2ccccc2)C(=O)N(c2ccc(F)cc2)C1. The lowest BCUT2D eigenvalue weighted by Crippen LogP contribution is -2.29. The molecule has 0 atom stereocenters. The first-order chi connectivity index (χ1) is 11.6. The molecule has 1 amide bonds. The maximum absolute atomic E-state index is 13.0. The number of rotatable bonds is 4. The van der Waals surface area contributed by atoms with Gasteiger partial charge in [-0.25, -0.2) is 9.18 Å². The lowest BCUT2D eigenvalue weighted by molar-refractivity contribution is -0.141. The van der Waals surface area contributed by atoms with Crippen molar-refractivity contribution in [1.82, 2.24) is 0 Å². The van der Waals surface area contributed by atoms with Crippen molar-refractivity contribution < 1.29 is 18.7 Å². The number of nitrogens with zero attached hydrogens (tertiary/aromatic N) is 1. The molecule has 2 aromatic rings. The van der Waals surface area contributed by atoms with Crippen molar-refractivity contribution in [2.45, 2.75) is 13.5 Å². The van der Waals surface area contributed by atoms with Crippen LogP contribution in [-0.2, 0) is 20.9 Å². The van der Waals surface area contributed by atoms with Gasteiger partial charge in [-0.2, -0.15) is 0 Å². The monoisotopic (exact) mass is 325 g/mol. The molecule has 1 aliphatic rings. The summed E-state index contributed by atoms with van der Waals surface area (Å²) < 4.78 is 18.3. The van der Waals surface area contributed by atoms with Gasteiger partial charge in [-0.05, 0) is 42.3 Å². The molecular weight excluding hydrogens is 309 g/mol. The summed E-state index contributed by atoms with van der Waals surface area (Å²) in [6, 6.07) is 14.9. The van der Waals surface area contributed by atoms with Crippen LogP contribution in [-0.4, -0.2) is 18.4 Å². The van der Waals surface area contributed by atoms with Crippen LogP contribution in [0.15, 0.2) is 65.7 Å². The number of amides is 1. The average molecular weight is 325 g/mol. The zero-order valence-corrected chi connectivity index (χ0v) is 13.2. The van der Waals surface area contributed by atoms with E-state index in [-0.39, 0.29) is 18.0 Å². The van der Waals surface area contributed by atoms with Gasteiger partial charge in [0, 0.05) is 12.2 Å². The van der Waals surface area contributed by atoms with Gasteiger partial charge < -0.3 is 9.64 Å². The Morgan fingerprint density at radius 3 is 2.46 bits per heavy atom. The highest BCUT2D eigenvalue weighted by molar-refractivity contribution is 6.24. The van der Waals surface area contributed by atoms with E-state index in [4.69, 9.17) is 4.74 Å². The molecule has 5 heteroatoms. The summed E-state index contributed by atoms with van der Waals surface area (Å²) in [5.74, 6) is -1.43. The van der Waals surface area contributed by atoms with Crippen LogP contribution in [0, 0.1) is 5.82 Å². The molecule has 0 radical (unpaired) electrons. The van der Waals surface area contributed by atoms with Crippen molar-refractivity contribution in [1.29, 1.82) is 0 Å². The molecule has 0 bridgehead atoms. The Hall–Kier alpha value is -2.95. The van der Waals surface area contributed by atoms with Crippen LogP contribution < -0.4 is 4.90 Å². The third-order valence-electron chi connectivity index (χ3n) is 3.84. The fourth-order valence-corrected chi connectivity index (χ4v) is 2.59. The van der Waals surface area contributed by atoms with E-state index in [1.54, 1.807) is 6.92 Å². The van der Waals surface area contributed by atoms with Gasteiger partial charge in [0.2, 0.25) is 0 Å². The van der Waals surface area contributed by atoms with Crippen molar-refractivity contribution in [3.8, 4) is 0 Å². The average Bonchev–Trinajstić information content (AvgIpc) is 2.89. The minimum atomic E-state index is -0.633. The van der Waals surface area contributed by atoms with E-state index in [0.717, 1.165) is 5.56 Å². The first-order valence-corrected chi connectivity index (χ1v) is 7.54. The number of hydrogen-bond donors (Lipinski definition) is 0. The summed E-state index contributed by atoms with van der Waals surface area (Å²) in [6.45, 7) is 2.13. The van der Waals surface area contributed by atoms with Gasteiger partial charge in [0.05, 0.1) is 0 Å². The van der Waals surface area contributed by atoms with E-state index in [1.165, 1.54) is 29.2 Å². The van der Waals surface area contributed by atoms with Crippen LogP contribution >= 0.6 is 0 Å². The van der Waals surface area contributed by atoms with Gasteiger partial charge >= 0.3 is 5.97 Å². The zero-order chi connectivity index (χ0) is 17.1. The van der Waals surface area contributed by atoms with Crippen LogP contribution in [0.4, 0.5) is 10.1 Å². The zero-order valence-electron chi connectivity index (χ0n) is 13.2. The largest absolute Gasteiger partial charge is 0.457 e. The Kier molecular flexibility index (Phi) is 4.42. The second-order valence-electron chi connectivity index (χ2n) is 5.58. The Morgan fingerprint density at radius 1 is 1.12 bits per heavy atom. The molecule has 0 saturated carbocycles. The van der Waals surface area contributed by atoms with E-state index < -0.39 is 11.9 Å². The lowest BCUT2D eigenvalue weighted by Gasteiger charge is -2.16. The van der Waals surface area contributed by atoms with E-state index >= 15 is 0 Å². The van der Waals surface area contributed by atoms with Gasteiger partial charge in [-0.1, -0.05) is 30.3 Å². The molecule has 2 aromatic carbocycles. The molecule has 0 N–H and O–H groups in total. The Morgan fingerprint density at radius 2 is 1.79 bits per heavy atom. The normalized spacial score (nSPS) is 14.2. The third kappa shape index (κ3) is 3.20. The van der Waals surface area contributed by atoms with E-state index in [0.29, 0.717) is 17.8 Å². The molecule has 122 valence electrons. The fourth-order valence-electron chi connectivity index (χ4n) is 2.59. The van der Waals surface area contributed by atoms with Gasteiger partial charge in [0.15, 0.2) is 0 Å². The maximum atomic E-state index is 13.0. The predicted molar refractivity (Wildman–Crippen MR) is 87.7 cm³/mol. The topological polar surface area (TPSA) is 46.6 Å². The second-order valence-corrected chi connectivity index (χ2v) is 5.58. The highest BCUT2D eigenvalue weighted by Gasteiger charge is 2.34. The molecule has 1 heterocycles. The third-order valence-corrected chi connectivity index (χ3v) is 3.84. The molecule has 0 fully saturated rings. The molecule has 0 aromatic heterocycles. The highest BCUT2D eigenvalue weighted by Crippen LogP contribution is 2.26. The number of carbonyl (C=O) groups is 2. The summed E-state index contributed by atoms with van der Waals surface area (Å²) in [6.07, 6.45) is 0.